The second-order valence-electron chi connectivity index (χ2n) is 4.50. The second kappa shape index (κ2) is 5.54. The van der Waals surface area contributed by atoms with Gasteiger partial charge in [-0.1, -0.05) is 11.6 Å². The van der Waals surface area contributed by atoms with Crippen LogP contribution in [0.1, 0.15) is 18.4 Å². The maximum absolute atomic E-state index is 11.1. The molecule has 1 aliphatic heterocycles. The van der Waals surface area contributed by atoms with Crippen molar-refractivity contribution >= 4 is 23.3 Å². The van der Waals surface area contributed by atoms with E-state index in [-0.39, 0.29) is 5.69 Å². The lowest BCUT2D eigenvalue weighted by molar-refractivity contribution is -0.384. The maximum atomic E-state index is 11.1. The molecule has 0 saturated carbocycles. The van der Waals surface area contributed by atoms with Crippen LogP contribution in [0.5, 0.6) is 0 Å². The highest BCUT2D eigenvalue weighted by atomic mass is 35.5. The van der Waals surface area contributed by atoms with Gasteiger partial charge in [0.05, 0.1) is 4.92 Å². The first kappa shape index (κ1) is 13.8. The number of nitro benzene ring substituents is 1. The van der Waals surface area contributed by atoms with Gasteiger partial charge < -0.3 is 5.11 Å². The number of non-ortho nitro benzene ring substituents is 1. The molecule has 0 amide bonds. The Morgan fingerprint density at radius 2 is 2.32 bits per heavy atom. The summed E-state index contributed by atoms with van der Waals surface area (Å²) in [4.78, 5) is 23.1. The topological polar surface area (TPSA) is 83.7 Å². The fourth-order valence-electron chi connectivity index (χ4n) is 2.31. The number of rotatable bonds is 4. The summed E-state index contributed by atoms with van der Waals surface area (Å²) in [7, 11) is 0. The summed E-state index contributed by atoms with van der Waals surface area (Å²) in [6.07, 6.45) is 1.41. The number of aliphatic carboxylic acids is 1. The number of nitrogens with zero attached hydrogens (tertiary/aromatic N) is 2. The molecule has 1 N–H and O–H groups in total. The molecule has 0 aromatic heterocycles. The summed E-state index contributed by atoms with van der Waals surface area (Å²) in [5.41, 5.74) is 0.550. The number of nitro groups is 1. The first-order valence-electron chi connectivity index (χ1n) is 5.88. The summed E-state index contributed by atoms with van der Waals surface area (Å²) >= 11 is 6.01. The van der Waals surface area contributed by atoms with Gasteiger partial charge in [0, 0.05) is 23.7 Å². The molecule has 1 atom stereocenters. The number of benzene rings is 1. The van der Waals surface area contributed by atoms with Crippen molar-refractivity contribution in [3.8, 4) is 0 Å². The Morgan fingerprint density at radius 3 is 2.95 bits per heavy atom. The largest absolute Gasteiger partial charge is 0.480 e. The first-order valence-corrected chi connectivity index (χ1v) is 6.26. The third kappa shape index (κ3) is 3.02. The van der Waals surface area contributed by atoms with E-state index in [1.54, 1.807) is 4.90 Å². The molecular weight excluding hydrogens is 272 g/mol. The fraction of sp³-hybridized carbons (Fsp3) is 0.417. The number of carbonyl (C=O) groups is 1. The van der Waals surface area contributed by atoms with Gasteiger partial charge in [-0.15, -0.1) is 0 Å². The Bertz CT molecular complexity index is 520. The normalized spacial score (nSPS) is 19.5. The molecule has 0 spiro atoms. The van der Waals surface area contributed by atoms with Crippen LogP contribution in [0, 0.1) is 10.1 Å². The molecule has 19 heavy (non-hydrogen) atoms. The number of likely N-dealkylation sites (tertiary alicyclic amines) is 1. The molecule has 7 heteroatoms. The van der Waals surface area contributed by atoms with Gasteiger partial charge in [0.2, 0.25) is 0 Å². The summed E-state index contributed by atoms with van der Waals surface area (Å²) in [5.74, 6) is -0.862. The zero-order chi connectivity index (χ0) is 14.0. The van der Waals surface area contributed by atoms with Crippen LogP contribution in [0.15, 0.2) is 18.2 Å². The number of carboxylic acids is 1. The average molecular weight is 285 g/mol. The third-order valence-electron chi connectivity index (χ3n) is 3.26. The number of hydrogen-bond donors (Lipinski definition) is 1. The molecule has 1 saturated heterocycles. The molecule has 102 valence electrons. The molecule has 1 aromatic carbocycles. The van der Waals surface area contributed by atoms with E-state index in [0.717, 1.165) is 6.42 Å². The summed E-state index contributed by atoms with van der Waals surface area (Å²) < 4.78 is 0. The zero-order valence-corrected chi connectivity index (χ0v) is 10.8. The van der Waals surface area contributed by atoms with E-state index in [1.165, 1.54) is 18.2 Å². The van der Waals surface area contributed by atoms with E-state index >= 15 is 0 Å². The zero-order valence-electron chi connectivity index (χ0n) is 10.1. The van der Waals surface area contributed by atoms with E-state index in [0.29, 0.717) is 30.1 Å². The molecule has 0 unspecified atom stereocenters. The third-order valence-corrected chi connectivity index (χ3v) is 3.63. The highest BCUT2D eigenvalue weighted by Gasteiger charge is 2.30. The molecule has 1 heterocycles. The monoisotopic (exact) mass is 284 g/mol. The molecule has 6 nitrogen and oxygen atoms in total. The van der Waals surface area contributed by atoms with Gasteiger partial charge >= 0.3 is 5.97 Å². The summed E-state index contributed by atoms with van der Waals surface area (Å²) in [6.45, 7) is 0.980. The van der Waals surface area contributed by atoms with Gasteiger partial charge in [-0.2, -0.15) is 0 Å². The molecular formula is C12H13ClN2O4. The minimum Gasteiger partial charge on any atom is -0.480 e. The average Bonchev–Trinajstić information content (AvgIpc) is 2.80. The van der Waals surface area contributed by atoms with Crippen molar-refractivity contribution in [1.82, 2.24) is 4.90 Å². The molecule has 0 radical (unpaired) electrons. The van der Waals surface area contributed by atoms with Crippen molar-refractivity contribution < 1.29 is 14.8 Å². The van der Waals surface area contributed by atoms with Crippen molar-refractivity contribution in [2.45, 2.75) is 25.4 Å². The summed E-state index contributed by atoms with van der Waals surface area (Å²) in [5, 5.41) is 20.2. The van der Waals surface area contributed by atoms with Gasteiger partial charge in [0.1, 0.15) is 6.04 Å². The van der Waals surface area contributed by atoms with Gasteiger partial charge in [-0.3, -0.25) is 19.8 Å². The first-order chi connectivity index (χ1) is 8.99. The molecule has 1 aromatic rings. The van der Waals surface area contributed by atoms with Crippen LogP contribution in [-0.4, -0.2) is 33.5 Å². The van der Waals surface area contributed by atoms with E-state index < -0.39 is 16.9 Å². The predicted molar refractivity (Wildman–Crippen MR) is 69.2 cm³/mol. The molecule has 1 aliphatic rings. The van der Waals surface area contributed by atoms with Crippen LogP contribution in [0.3, 0.4) is 0 Å². The van der Waals surface area contributed by atoms with Gasteiger partial charge in [0.25, 0.3) is 5.69 Å². The number of carboxylic acid groups (broad SMARTS) is 1. The van der Waals surface area contributed by atoms with E-state index in [4.69, 9.17) is 16.7 Å². The minimum absolute atomic E-state index is 0.0366. The van der Waals surface area contributed by atoms with E-state index in [1.807, 2.05) is 0 Å². The lowest BCUT2D eigenvalue weighted by atomic mass is 10.1. The maximum Gasteiger partial charge on any atom is 0.320 e. The van der Waals surface area contributed by atoms with Crippen LogP contribution >= 0.6 is 11.6 Å². The quantitative estimate of drug-likeness (QED) is 0.677. The smallest absolute Gasteiger partial charge is 0.320 e. The van der Waals surface area contributed by atoms with Crippen LogP contribution in [0.2, 0.25) is 5.02 Å². The van der Waals surface area contributed by atoms with Crippen molar-refractivity contribution in [3.05, 3.63) is 38.9 Å². The Hall–Kier alpha value is -1.66. The van der Waals surface area contributed by atoms with Crippen LogP contribution in [-0.2, 0) is 11.3 Å². The van der Waals surface area contributed by atoms with Gasteiger partial charge in [0.15, 0.2) is 0 Å². The van der Waals surface area contributed by atoms with Crippen molar-refractivity contribution in [2.75, 3.05) is 6.54 Å². The minimum atomic E-state index is -0.862. The van der Waals surface area contributed by atoms with Crippen molar-refractivity contribution in [3.63, 3.8) is 0 Å². The Balaban J connectivity index is 2.20. The second-order valence-corrected chi connectivity index (χ2v) is 4.91. The highest BCUT2D eigenvalue weighted by Crippen LogP contribution is 2.26. The lowest BCUT2D eigenvalue weighted by Gasteiger charge is -2.21. The molecule has 1 fully saturated rings. The van der Waals surface area contributed by atoms with Crippen LogP contribution < -0.4 is 0 Å². The van der Waals surface area contributed by atoms with E-state index in [9.17, 15) is 14.9 Å². The van der Waals surface area contributed by atoms with E-state index in [2.05, 4.69) is 0 Å². The number of hydrogen-bond acceptors (Lipinski definition) is 4. The fourth-order valence-corrected chi connectivity index (χ4v) is 2.49. The highest BCUT2D eigenvalue weighted by molar-refractivity contribution is 6.31. The number of halogens is 1. The van der Waals surface area contributed by atoms with Crippen molar-refractivity contribution in [2.24, 2.45) is 0 Å². The summed E-state index contributed by atoms with van der Waals surface area (Å²) in [6, 6.07) is 3.68. The SMILES string of the molecule is O=C(O)[C@@H]1CCCN1Cc1cc([N+](=O)[O-])ccc1Cl. The standard InChI is InChI=1S/C12H13ClN2O4/c13-10-4-3-9(15(18)19)6-8(10)7-14-5-1-2-11(14)12(16)17/h3-4,6,11H,1-2,5,7H2,(H,16,17)/t11-/m0/s1. The van der Waals surface area contributed by atoms with Crippen LogP contribution in [0.4, 0.5) is 5.69 Å². The lowest BCUT2D eigenvalue weighted by Crippen LogP contribution is -2.35. The van der Waals surface area contributed by atoms with Crippen LogP contribution in [0.25, 0.3) is 0 Å². The molecule has 2 rings (SSSR count). The molecule has 0 aliphatic carbocycles. The molecule has 0 bridgehead atoms. The van der Waals surface area contributed by atoms with Gasteiger partial charge in [-0.25, -0.2) is 0 Å². The van der Waals surface area contributed by atoms with Gasteiger partial charge in [-0.05, 0) is 31.0 Å². The van der Waals surface area contributed by atoms with Crippen molar-refractivity contribution in [1.29, 1.82) is 0 Å². The Labute approximate surface area is 114 Å². The Morgan fingerprint density at radius 1 is 1.58 bits per heavy atom. The predicted octanol–water partition coefficient (Wildman–Crippen LogP) is 2.30. The Kier molecular flexibility index (Phi) is 4.01.